The van der Waals surface area contributed by atoms with Crippen LogP contribution in [-0.4, -0.2) is 4.98 Å². The minimum absolute atomic E-state index is 0.0868. The molecule has 0 bridgehead atoms. The molecule has 2 rings (SSSR count). The zero-order valence-corrected chi connectivity index (χ0v) is 9.03. The third-order valence-electron chi connectivity index (χ3n) is 2.57. The predicted octanol–water partition coefficient (Wildman–Crippen LogP) is 1.02. The van der Waals surface area contributed by atoms with Crippen molar-refractivity contribution in [3.8, 4) is 5.75 Å². The number of rotatable bonds is 2. The van der Waals surface area contributed by atoms with E-state index < -0.39 is 0 Å². The second kappa shape index (κ2) is 3.85. The number of hydrogen-bond acceptors (Lipinski definition) is 2. The van der Waals surface area contributed by atoms with Gasteiger partial charge in [0.15, 0.2) is 0 Å². The molecule has 0 aliphatic rings. The lowest BCUT2D eigenvalue weighted by Gasteiger charge is -2.12. The van der Waals surface area contributed by atoms with E-state index in [0.29, 0.717) is 12.1 Å². The molecule has 0 N–H and O–H groups in total. The van der Waals surface area contributed by atoms with Crippen molar-refractivity contribution in [2.75, 3.05) is 0 Å². The van der Waals surface area contributed by atoms with Crippen LogP contribution in [0, 0.1) is 0 Å². The molecule has 0 saturated heterocycles. The molecule has 0 saturated carbocycles. The Balaban J connectivity index is 2.83. The molecule has 0 fully saturated rings. The van der Waals surface area contributed by atoms with E-state index in [9.17, 15) is 5.11 Å². The number of aryl methyl sites for hydroxylation is 2. The summed E-state index contributed by atoms with van der Waals surface area (Å²) in [6, 6.07) is 5.78. The SMILES string of the molecule is CCc1nc2cccc[n+]2c(CC)c1[O-]. The van der Waals surface area contributed by atoms with E-state index in [1.807, 2.05) is 42.6 Å². The number of nitrogens with zero attached hydrogens (tertiary/aromatic N) is 2. The molecule has 0 unspecified atom stereocenters. The van der Waals surface area contributed by atoms with Crippen molar-refractivity contribution in [2.45, 2.75) is 26.7 Å². The fourth-order valence-corrected chi connectivity index (χ4v) is 1.79. The lowest BCUT2D eigenvalue weighted by Crippen LogP contribution is -2.30. The maximum atomic E-state index is 12.0. The molecule has 3 heteroatoms. The smallest absolute Gasteiger partial charge is 0.327 e. The van der Waals surface area contributed by atoms with Crippen LogP contribution in [0.2, 0.25) is 0 Å². The normalized spacial score (nSPS) is 10.8. The molecule has 15 heavy (non-hydrogen) atoms. The Morgan fingerprint density at radius 3 is 2.73 bits per heavy atom. The van der Waals surface area contributed by atoms with Crippen LogP contribution in [0.5, 0.6) is 5.75 Å². The van der Waals surface area contributed by atoms with Crippen molar-refractivity contribution in [3.63, 3.8) is 0 Å². The molecule has 0 atom stereocenters. The van der Waals surface area contributed by atoms with Crippen LogP contribution in [0.1, 0.15) is 25.2 Å². The zero-order chi connectivity index (χ0) is 10.8. The van der Waals surface area contributed by atoms with Crippen molar-refractivity contribution >= 4 is 5.65 Å². The highest BCUT2D eigenvalue weighted by atomic mass is 16.3. The van der Waals surface area contributed by atoms with Crippen LogP contribution in [0.15, 0.2) is 24.4 Å². The summed E-state index contributed by atoms with van der Waals surface area (Å²) < 4.78 is 1.88. The van der Waals surface area contributed by atoms with Crippen LogP contribution < -0.4 is 9.51 Å². The summed E-state index contributed by atoms with van der Waals surface area (Å²) in [5, 5.41) is 12.0. The summed E-state index contributed by atoms with van der Waals surface area (Å²) in [6.07, 6.45) is 3.32. The third kappa shape index (κ3) is 1.54. The van der Waals surface area contributed by atoms with Crippen LogP contribution >= 0.6 is 0 Å². The van der Waals surface area contributed by atoms with Gasteiger partial charge in [-0.15, -0.1) is 0 Å². The van der Waals surface area contributed by atoms with E-state index in [1.165, 1.54) is 0 Å². The standard InChI is InChI=1S/C12H14N2O/c1-3-9-12(15)10(4-2)14-8-6-5-7-11(14)13-9/h5-8H,3-4H2,1-2H3. The number of fused-ring (bicyclic) bond motifs is 1. The van der Waals surface area contributed by atoms with E-state index in [0.717, 1.165) is 17.8 Å². The highest BCUT2D eigenvalue weighted by Gasteiger charge is 2.13. The van der Waals surface area contributed by atoms with Gasteiger partial charge in [0.25, 0.3) is 0 Å². The third-order valence-corrected chi connectivity index (χ3v) is 2.57. The summed E-state index contributed by atoms with van der Waals surface area (Å²) in [7, 11) is 0. The highest BCUT2D eigenvalue weighted by molar-refractivity contribution is 5.37. The fraction of sp³-hybridized carbons (Fsp3) is 0.333. The van der Waals surface area contributed by atoms with Gasteiger partial charge in [0.1, 0.15) is 11.4 Å². The lowest BCUT2D eigenvalue weighted by atomic mass is 10.2. The number of pyridine rings is 1. The predicted molar refractivity (Wildman–Crippen MR) is 55.6 cm³/mol. The lowest BCUT2D eigenvalue weighted by molar-refractivity contribution is -0.530. The fourth-order valence-electron chi connectivity index (χ4n) is 1.79. The monoisotopic (exact) mass is 202 g/mol. The van der Waals surface area contributed by atoms with Crippen LogP contribution in [-0.2, 0) is 12.8 Å². The quantitative estimate of drug-likeness (QED) is 0.682. The molecule has 2 aromatic rings. The summed E-state index contributed by atoms with van der Waals surface area (Å²) >= 11 is 0. The number of hydrogen-bond donors (Lipinski definition) is 0. The van der Waals surface area contributed by atoms with Gasteiger partial charge >= 0.3 is 5.65 Å². The molecule has 0 spiro atoms. The van der Waals surface area contributed by atoms with E-state index in [-0.39, 0.29) is 5.75 Å². The van der Waals surface area contributed by atoms with Gasteiger partial charge in [-0.3, -0.25) is 0 Å². The molecule has 2 aromatic heterocycles. The minimum Gasteiger partial charge on any atom is -0.867 e. The van der Waals surface area contributed by atoms with E-state index >= 15 is 0 Å². The molecule has 0 amide bonds. The second-order valence-corrected chi connectivity index (χ2v) is 3.47. The Morgan fingerprint density at radius 2 is 2.07 bits per heavy atom. The van der Waals surface area contributed by atoms with Gasteiger partial charge in [-0.05, 0) is 16.8 Å². The van der Waals surface area contributed by atoms with Crippen molar-refractivity contribution in [3.05, 3.63) is 35.8 Å². The Hall–Kier alpha value is -1.64. The summed E-state index contributed by atoms with van der Waals surface area (Å²) in [5.41, 5.74) is 2.33. The molecular weight excluding hydrogens is 188 g/mol. The molecule has 0 aliphatic heterocycles. The molecule has 0 aromatic carbocycles. The topological polar surface area (TPSA) is 40.0 Å². The molecule has 78 valence electrons. The minimum atomic E-state index is 0.0868. The van der Waals surface area contributed by atoms with E-state index in [4.69, 9.17) is 0 Å². The molecule has 0 aliphatic carbocycles. The molecular formula is C12H14N2O. The van der Waals surface area contributed by atoms with E-state index in [1.54, 1.807) is 0 Å². The van der Waals surface area contributed by atoms with Gasteiger partial charge in [0.05, 0.1) is 6.20 Å². The van der Waals surface area contributed by atoms with Crippen molar-refractivity contribution in [1.29, 1.82) is 0 Å². The first kappa shape index (κ1) is 9.90. The maximum Gasteiger partial charge on any atom is 0.327 e. The maximum absolute atomic E-state index is 12.0. The second-order valence-electron chi connectivity index (χ2n) is 3.47. The van der Waals surface area contributed by atoms with Crippen LogP contribution in [0.25, 0.3) is 5.65 Å². The number of aromatic nitrogens is 2. The average Bonchev–Trinajstić information content (AvgIpc) is 2.28. The Morgan fingerprint density at radius 1 is 1.27 bits per heavy atom. The van der Waals surface area contributed by atoms with Crippen molar-refractivity contribution < 1.29 is 9.51 Å². The van der Waals surface area contributed by atoms with Crippen molar-refractivity contribution in [2.24, 2.45) is 0 Å². The summed E-state index contributed by atoms with van der Waals surface area (Å²) in [6.45, 7) is 3.96. The average molecular weight is 202 g/mol. The Labute approximate surface area is 89.0 Å². The van der Waals surface area contributed by atoms with Crippen LogP contribution in [0.4, 0.5) is 0 Å². The first-order chi connectivity index (χ1) is 7.27. The van der Waals surface area contributed by atoms with Gasteiger partial charge in [-0.1, -0.05) is 19.9 Å². The van der Waals surface area contributed by atoms with Gasteiger partial charge in [0, 0.05) is 18.9 Å². The van der Waals surface area contributed by atoms with Gasteiger partial charge in [-0.25, -0.2) is 4.40 Å². The zero-order valence-electron chi connectivity index (χ0n) is 9.03. The first-order valence-electron chi connectivity index (χ1n) is 5.27. The molecule has 3 nitrogen and oxygen atoms in total. The van der Waals surface area contributed by atoms with Crippen LogP contribution in [0.3, 0.4) is 0 Å². The van der Waals surface area contributed by atoms with Gasteiger partial charge in [0.2, 0.25) is 0 Å². The van der Waals surface area contributed by atoms with E-state index in [2.05, 4.69) is 4.98 Å². The first-order valence-corrected chi connectivity index (χ1v) is 5.27. The Bertz CT molecular complexity index is 494. The van der Waals surface area contributed by atoms with Gasteiger partial charge < -0.3 is 5.11 Å². The van der Waals surface area contributed by atoms with Gasteiger partial charge in [-0.2, -0.15) is 0 Å². The molecule has 0 radical (unpaired) electrons. The van der Waals surface area contributed by atoms with Crippen molar-refractivity contribution in [1.82, 2.24) is 4.98 Å². The summed E-state index contributed by atoms with van der Waals surface area (Å²) in [4.78, 5) is 4.35. The highest BCUT2D eigenvalue weighted by Crippen LogP contribution is 2.16. The summed E-state index contributed by atoms with van der Waals surface area (Å²) in [5.74, 6) is 0.0868. The largest absolute Gasteiger partial charge is 0.867 e. The Kier molecular flexibility index (Phi) is 2.54. The molecule has 2 heterocycles.